The Balaban J connectivity index is 1.68. The number of ether oxygens (including phenoxy) is 2. The van der Waals surface area contributed by atoms with Crippen molar-refractivity contribution in [1.82, 2.24) is 15.5 Å². The molecular formula is C17H25N3O4. The lowest BCUT2D eigenvalue weighted by atomic mass is 10.1. The van der Waals surface area contributed by atoms with E-state index in [0.29, 0.717) is 32.8 Å². The number of morpholine rings is 1. The molecule has 0 unspecified atom stereocenters. The average Bonchev–Trinajstić information content (AvgIpc) is 2.63. The molecule has 24 heavy (non-hydrogen) atoms. The number of hydrogen-bond donors (Lipinski definition) is 2. The van der Waals surface area contributed by atoms with Gasteiger partial charge in [-0.1, -0.05) is 30.3 Å². The molecule has 7 heteroatoms. The van der Waals surface area contributed by atoms with E-state index < -0.39 is 11.8 Å². The van der Waals surface area contributed by atoms with Crippen molar-refractivity contribution in [3.8, 4) is 0 Å². The molecule has 0 aliphatic carbocycles. The molecule has 1 atom stereocenters. The molecule has 2 N–H and O–H groups in total. The topological polar surface area (TPSA) is 79.9 Å². The van der Waals surface area contributed by atoms with Crippen LogP contribution < -0.4 is 10.6 Å². The van der Waals surface area contributed by atoms with Crippen LogP contribution in [0.4, 0.5) is 0 Å². The molecule has 0 bridgehead atoms. The third-order valence-corrected chi connectivity index (χ3v) is 3.83. The quantitative estimate of drug-likeness (QED) is 0.539. The minimum Gasteiger partial charge on any atom is -0.383 e. The van der Waals surface area contributed by atoms with Crippen molar-refractivity contribution in [2.45, 2.75) is 6.10 Å². The molecule has 0 radical (unpaired) electrons. The van der Waals surface area contributed by atoms with E-state index in [2.05, 4.69) is 27.7 Å². The van der Waals surface area contributed by atoms with Crippen molar-refractivity contribution in [3.63, 3.8) is 0 Å². The van der Waals surface area contributed by atoms with Crippen LogP contribution in [-0.2, 0) is 19.1 Å². The van der Waals surface area contributed by atoms with Crippen LogP contribution >= 0.6 is 0 Å². The number of methoxy groups -OCH3 is 1. The average molecular weight is 335 g/mol. The van der Waals surface area contributed by atoms with E-state index in [1.807, 2.05) is 18.2 Å². The van der Waals surface area contributed by atoms with E-state index in [1.165, 1.54) is 7.11 Å². The van der Waals surface area contributed by atoms with Crippen molar-refractivity contribution in [2.75, 3.05) is 53.0 Å². The van der Waals surface area contributed by atoms with Crippen LogP contribution in [-0.4, -0.2) is 69.8 Å². The standard InChI is InChI=1S/C17H25N3O4/c1-23-11-8-19-17(22)16(21)18-7-9-20-10-12-24-15(13-20)14-5-3-2-4-6-14/h2-6,15H,7-13H2,1H3,(H,18,21)(H,19,22)/t15-/m1/s1. The zero-order chi connectivity index (χ0) is 17.2. The summed E-state index contributed by atoms with van der Waals surface area (Å²) in [5, 5.41) is 5.13. The lowest BCUT2D eigenvalue weighted by Crippen LogP contribution is -2.46. The maximum absolute atomic E-state index is 11.7. The van der Waals surface area contributed by atoms with Crippen molar-refractivity contribution >= 4 is 11.8 Å². The molecule has 1 aliphatic rings. The normalized spacial score (nSPS) is 18.1. The Labute approximate surface area is 142 Å². The molecule has 2 rings (SSSR count). The first kappa shape index (κ1) is 18.4. The second-order valence-electron chi connectivity index (χ2n) is 5.58. The van der Waals surface area contributed by atoms with E-state index in [0.717, 1.165) is 18.7 Å². The van der Waals surface area contributed by atoms with E-state index >= 15 is 0 Å². The van der Waals surface area contributed by atoms with E-state index in [1.54, 1.807) is 0 Å². The van der Waals surface area contributed by atoms with Crippen LogP contribution in [0.3, 0.4) is 0 Å². The molecule has 2 amide bonds. The summed E-state index contributed by atoms with van der Waals surface area (Å²) in [6.45, 7) is 4.07. The van der Waals surface area contributed by atoms with Gasteiger partial charge in [0.25, 0.3) is 0 Å². The monoisotopic (exact) mass is 335 g/mol. The number of carbonyl (C=O) groups is 2. The molecule has 132 valence electrons. The number of amides is 2. The fourth-order valence-corrected chi connectivity index (χ4v) is 2.53. The molecule has 1 heterocycles. The Bertz CT molecular complexity index is 524. The minimum absolute atomic E-state index is 0.0491. The first-order valence-electron chi connectivity index (χ1n) is 8.14. The predicted molar refractivity (Wildman–Crippen MR) is 89.5 cm³/mol. The van der Waals surface area contributed by atoms with Gasteiger partial charge in [-0.3, -0.25) is 14.5 Å². The van der Waals surface area contributed by atoms with Gasteiger partial charge in [-0.2, -0.15) is 0 Å². The number of nitrogens with zero attached hydrogens (tertiary/aromatic N) is 1. The number of rotatable bonds is 7. The second kappa shape index (κ2) is 10.0. The summed E-state index contributed by atoms with van der Waals surface area (Å²) in [6.07, 6.45) is 0.0491. The Morgan fingerprint density at radius 3 is 2.62 bits per heavy atom. The van der Waals surface area contributed by atoms with E-state index in [9.17, 15) is 9.59 Å². The molecule has 1 aromatic carbocycles. The summed E-state index contributed by atoms with van der Waals surface area (Å²) in [5.41, 5.74) is 1.16. The fraction of sp³-hybridized carbons (Fsp3) is 0.529. The molecule has 1 fully saturated rings. The van der Waals surface area contributed by atoms with Crippen molar-refractivity contribution in [3.05, 3.63) is 35.9 Å². The highest BCUT2D eigenvalue weighted by atomic mass is 16.5. The molecular weight excluding hydrogens is 310 g/mol. The van der Waals surface area contributed by atoms with Gasteiger partial charge in [0.05, 0.1) is 19.3 Å². The first-order chi connectivity index (χ1) is 11.7. The molecule has 0 aromatic heterocycles. The third kappa shape index (κ3) is 5.92. The molecule has 7 nitrogen and oxygen atoms in total. The fourth-order valence-electron chi connectivity index (χ4n) is 2.53. The molecule has 1 saturated heterocycles. The van der Waals surface area contributed by atoms with Crippen LogP contribution in [0.2, 0.25) is 0 Å². The summed E-state index contributed by atoms with van der Waals surface area (Å²) in [7, 11) is 1.54. The maximum Gasteiger partial charge on any atom is 0.309 e. The van der Waals surface area contributed by atoms with Gasteiger partial charge < -0.3 is 20.1 Å². The van der Waals surface area contributed by atoms with Gasteiger partial charge in [0.1, 0.15) is 0 Å². The van der Waals surface area contributed by atoms with Gasteiger partial charge in [-0.05, 0) is 5.56 Å². The predicted octanol–water partition coefficient (Wildman–Crippen LogP) is -0.0613. The first-order valence-corrected chi connectivity index (χ1v) is 8.14. The summed E-state index contributed by atoms with van der Waals surface area (Å²) >= 11 is 0. The molecule has 1 aromatic rings. The molecule has 0 saturated carbocycles. The largest absolute Gasteiger partial charge is 0.383 e. The van der Waals surface area contributed by atoms with E-state index in [4.69, 9.17) is 9.47 Å². The van der Waals surface area contributed by atoms with Gasteiger partial charge in [-0.15, -0.1) is 0 Å². The van der Waals surface area contributed by atoms with Crippen molar-refractivity contribution in [2.24, 2.45) is 0 Å². The van der Waals surface area contributed by atoms with Crippen LogP contribution in [0.25, 0.3) is 0 Å². The van der Waals surface area contributed by atoms with Gasteiger partial charge in [0, 0.05) is 39.8 Å². The SMILES string of the molecule is COCCNC(=O)C(=O)NCCN1CCO[C@@H](c2ccccc2)C1. The summed E-state index contributed by atoms with van der Waals surface area (Å²) in [5.74, 6) is -1.24. The van der Waals surface area contributed by atoms with Crippen LogP contribution in [0.15, 0.2) is 30.3 Å². The van der Waals surface area contributed by atoms with Crippen LogP contribution in [0.5, 0.6) is 0 Å². The number of nitrogens with one attached hydrogen (secondary N) is 2. The summed E-state index contributed by atoms with van der Waals surface area (Å²) < 4.78 is 10.6. The highest BCUT2D eigenvalue weighted by Crippen LogP contribution is 2.21. The Kier molecular flexibility index (Phi) is 7.67. The van der Waals surface area contributed by atoms with Crippen molar-refractivity contribution < 1.29 is 19.1 Å². The van der Waals surface area contributed by atoms with Gasteiger partial charge in [0.15, 0.2) is 0 Å². The van der Waals surface area contributed by atoms with E-state index in [-0.39, 0.29) is 6.10 Å². The number of benzene rings is 1. The third-order valence-electron chi connectivity index (χ3n) is 3.83. The minimum atomic E-state index is -0.629. The number of carbonyl (C=O) groups excluding carboxylic acids is 2. The van der Waals surface area contributed by atoms with Crippen LogP contribution in [0.1, 0.15) is 11.7 Å². The van der Waals surface area contributed by atoms with Gasteiger partial charge in [0.2, 0.25) is 0 Å². The van der Waals surface area contributed by atoms with Gasteiger partial charge >= 0.3 is 11.8 Å². The Morgan fingerprint density at radius 1 is 1.21 bits per heavy atom. The lowest BCUT2D eigenvalue weighted by molar-refractivity contribution is -0.139. The van der Waals surface area contributed by atoms with Gasteiger partial charge in [-0.25, -0.2) is 0 Å². The zero-order valence-electron chi connectivity index (χ0n) is 14.0. The van der Waals surface area contributed by atoms with Crippen LogP contribution in [0, 0.1) is 0 Å². The smallest absolute Gasteiger partial charge is 0.309 e. The Hall–Kier alpha value is -1.96. The zero-order valence-corrected chi connectivity index (χ0v) is 14.0. The maximum atomic E-state index is 11.7. The number of hydrogen-bond acceptors (Lipinski definition) is 5. The molecule has 1 aliphatic heterocycles. The highest BCUT2D eigenvalue weighted by Gasteiger charge is 2.21. The summed E-state index contributed by atoms with van der Waals surface area (Å²) in [6, 6.07) is 10.1. The lowest BCUT2D eigenvalue weighted by Gasteiger charge is -2.33. The second-order valence-corrected chi connectivity index (χ2v) is 5.58. The Morgan fingerprint density at radius 2 is 1.92 bits per heavy atom. The highest BCUT2D eigenvalue weighted by molar-refractivity contribution is 6.35. The van der Waals surface area contributed by atoms with Crippen molar-refractivity contribution in [1.29, 1.82) is 0 Å². The molecule has 0 spiro atoms. The summed E-state index contributed by atoms with van der Waals surface area (Å²) in [4.78, 5) is 25.4.